The maximum absolute atomic E-state index is 13.2. The van der Waals surface area contributed by atoms with Gasteiger partial charge < -0.3 is 37.2 Å². The zero-order chi connectivity index (χ0) is 35.4. The molecule has 0 saturated carbocycles. The molecule has 2 atom stereocenters. The SMILES string of the molecule is CCC(=O)C(CC(=O)N[C@@H](CCCCN=C(N)N)CN(CC(=O)NCCN(CC(=O)C(C)C)C(=O)CC)C(=O)CC)NC(C)(C)C. The van der Waals surface area contributed by atoms with Crippen molar-refractivity contribution in [2.75, 3.05) is 39.3 Å². The average Bonchev–Trinajstić information content (AvgIpc) is 2.97. The number of rotatable bonds is 23. The van der Waals surface area contributed by atoms with E-state index in [1.54, 1.807) is 34.6 Å². The summed E-state index contributed by atoms with van der Waals surface area (Å²) in [5.41, 5.74) is 10.4. The van der Waals surface area contributed by atoms with Crippen LogP contribution in [0.25, 0.3) is 0 Å². The van der Waals surface area contributed by atoms with E-state index in [0.29, 0.717) is 25.8 Å². The predicted octanol–water partition coefficient (Wildman–Crippen LogP) is 0.859. The Morgan fingerprint density at radius 1 is 0.804 bits per heavy atom. The fraction of sp³-hybridized carbons (Fsp3) is 0.781. The van der Waals surface area contributed by atoms with E-state index in [9.17, 15) is 28.8 Å². The number of aliphatic imine (C=N–C) groups is 1. The standard InChI is InChI=1S/C32H60N8O6/c1-9-25(41)24(38-32(6,7)8)18-27(43)37-23(14-12-13-15-36-31(33)34)19-40(30(46)11-3)21-28(44)35-16-17-39(29(45)10-2)20-26(42)22(4)5/h22-24,38H,9-21H2,1-8H3,(H,35,44)(H,37,43)(H4,33,34,36)/t23-,24?/m0/s1. The van der Waals surface area contributed by atoms with Crippen LogP contribution >= 0.6 is 0 Å². The molecule has 0 aliphatic rings. The summed E-state index contributed by atoms with van der Waals surface area (Å²) in [6.45, 7) is 14.9. The largest absolute Gasteiger partial charge is 0.370 e. The van der Waals surface area contributed by atoms with Crippen molar-refractivity contribution in [3.8, 4) is 0 Å². The van der Waals surface area contributed by atoms with Crippen molar-refractivity contribution in [1.82, 2.24) is 25.8 Å². The Labute approximate surface area is 275 Å². The van der Waals surface area contributed by atoms with Gasteiger partial charge >= 0.3 is 0 Å². The van der Waals surface area contributed by atoms with Gasteiger partial charge in [0, 0.05) is 69.4 Å². The van der Waals surface area contributed by atoms with E-state index in [-0.39, 0.29) is 105 Å². The molecule has 14 nitrogen and oxygen atoms in total. The third kappa shape index (κ3) is 19.1. The molecule has 0 fully saturated rings. The van der Waals surface area contributed by atoms with Crippen molar-refractivity contribution in [2.24, 2.45) is 22.4 Å². The molecule has 0 radical (unpaired) electrons. The van der Waals surface area contributed by atoms with Crippen LogP contribution in [0, 0.1) is 5.92 Å². The first-order chi connectivity index (χ1) is 21.4. The predicted molar refractivity (Wildman–Crippen MR) is 180 cm³/mol. The molecule has 0 rings (SSSR count). The van der Waals surface area contributed by atoms with Crippen molar-refractivity contribution in [1.29, 1.82) is 0 Å². The highest BCUT2D eigenvalue weighted by molar-refractivity contribution is 5.90. The lowest BCUT2D eigenvalue weighted by Gasteiger charge is -2.30. The Bertz CT molecular complexity index is 1040. The Morgan fingerprint density at radius 3 is 1.93 bits per heavy atom. The van der Waals surface area contributed by atoms with Crippen molar-refractivity contribution in [2.45, 2.75) is 118 Å². The van der Waals surface area contributed by atoms with Gasteiger partial charge in [0.05, 0.1) is 19.1 Å². The minimum Gasteiger partial charge on any atom is -0.370 e. The number of Topliss-reactive ketones (excluding diaryl/α,β-unsaturated/α-hetero) is 2. The molecule has 0 aromatic rings. The molecule has 0 aliphatic carbocycles. The van der Waals surface area contributed by atoms with Gasteiger partial charge in [-0.25, -0.2) is 0 Å². The Kier molecular flexibility index (Phi) is 20.4. The molecule has 0 aromatic heterocycles. The minimum absolute atomic E-state index is 0.0118. The molecule has 7 N–H and O–H groups in total. The quantitative estimate of drug-likeness (QED) is 0.0601. The summed E-state index contributed by atoms with van der Waals surface area (Å²) >= 11 is 0. The van der Waals surface area contributed by atoms with Gasteiger partial charge in [-0.05, 0) is 40.0 Å². The number of ketones is 2. The molecule has 0 saturated heterocycles. The van der Waals surface area contributed by atoms with E-state index < -0.39 is 18.0 Å². The van der Waals surface area contributed by atoms with Gasteiger partial charge in [-0.1, -0.05) is 34.6 Å². The molecule has 1 unspecified atom stereocenters. The van der Waals surface area contributed by atoms with Crippen LogP contribution in [0.5, 0.6) is 0 Å². The third-order valence-electron chi connectivity index (χ3n) is 7.13. The molecule has 0 bridgehead atoms. The maximum Gasteiger partial charge on any atom is 0.239 e. The van der Waals surface area contributed by atoms with E-state index in [1.807, 2.05) is 20.8 Å². The van der Waals surface area contributed by atoms with Gasteiger partial charge in [0.15, 0.2) is 11.7 Å². The van der Waals surface area contributed by atoms with Crippen LogP contribution in [-0.2, 0) is 28.8 Å². The fourth-order valence-corrected chi connectivity index (χ4v) is 4.60. The number of carbonyl (C=O) groups is 6. The van der Waals surface area contributed by atoms with Crippen LogP contribution in [0.1, 0.15) is 100 Å². The first kappa shape index (κ1) is 42.5. The van der Waals surface area contributed by atoms with Gasteiger partial charge in [0.25, 0.3) is 0 Å². The Hall–Kier alpha value is -3.55. The first-order valence-electron chi connectivity index (χ1n) is 16.4. The smallest absolute Gasteiger partial charge is 0.239 e. The molecule has 0 spiro atoms. The molecule has 14 heteroatoms. The molecular formula is C32H60N8O6. The molecule has 264 valence electrons. The van der Waals surface area contributed by atoms with E-state index in [4.69, 9.17) is 11.5 Å². The topological polar surface area (TPSA) is 209 Å². The number of unbranched alkanes of at least 4 members (excludes halogenated alkanes) is 1. The molecule has 4 amide bonds. The van der Waals surface area contributed by atoms with E-state index in [1.165, 1.54) is 9.80 Å². The Morgan fingerprint density at radius 2 is 1.41 bits per heavy atom. The summed E-state index contributed by atoms with van der Waals surface area (Å²) in [7, 11) is 0. The summed E-state index contributed by atoms with van der Waals surface area (Å²) in [4.78, 5) is 83.0. The average molecular weight is 653 g/mol. The van der Waals surface area contributed by atoms with Crippen LogP contribution in [0.15, 0.2) is 4.99 Å². The van der Waals surface area contributed by atoms with Crippen molar-refractivity contribution in [3.63, 3.8) is 0 Å². The number of guanidine groups is 1. The summed E-state index contributed by atoms with van der Waals surface area (Å²) in [5.74, 6) is -1.61. The highest BCUT2D eigenvalue weighted by atomic mass is 16.2. The summed E-state index contributed by atoms with van der Waals surface area (Å²) < 4.78 is 0. The number of hydrogen-bond donors (Lipinski definition) is 5. The van der Waals surface area contributed by atoms with Gasteiger partial charge in [-0.15, -0.1) is 0 Å². The summed E-state index contributed by atoms with van der Waals surface area (Å²) in [5, 5.41) is 8.95. The second-order valence-corrected chi connectivity index (χ2v) is 12.8. The zero-order valence-electron chi connectivity index (χ0n) is 29.4. The van der Waals surface area contributed by atoms with Gasteiger partial charge in [-0.3, -0.25) is 33.8 Å². The molecular weight excluding hydrogens is 592 g/mol. The number of hydrogen-bond acceptors (Lipinski definition) is 8. The van der Waals surface area contributed by atoms with Crippen LogP contribution in [0.3, 0.4) is 0 Å². The number of carbonyl (C=O) groups excluding carboxylic acids is 6. The van der Waals surface area contributed by atoms with Crippen LogP contribution < -0.4 is 27.4 Å². The highest BCUT2D eigenvalue weighted by Crippen LogP contribution is 2.10. The first-order valence-corrected chi connectivity index (χ1v) is 16.4. The van der Waals surface area contributed by atoms with E-state index >= 15 is 0 Å². The number of nitrogens with one attached hydrogen (secondary N) is 3. The number of nitrogens with zero attached hydrogens (tertiary/aromatic N) is 3. The minimum atomic E-state index is -0.665. The lowest BCUT2D eigenvalue weighted by atomic mass is 10.0. The molecule has 46 heavy (non-hydrogen) atoms. The summed E-state index contributed by atoms with van der Waals surface area (Å²) in [6.07, 6.45) is 2.35. The third-order valence-corrected chi connectivity index (χ3v) is 7.13. The van der Waals surface area contributed by atoms with Gasteiger partial charge in [-0.2, -0.15) is 0 Å². The summed E-state index contributed by atoms with van der Waals surface area (Å²) in [6, 6.07) is -1.16. The van der Waals surface area contributed by atoms with Crippen LogP contribution in [0.4, 0.5) is 0 Å². The Balaban J connectivity index is 5.64. The second kappa shape index (κ2) is 22.1. The number of amides is 4. The molecule has 0 aliphatic heterocycles. The zero-order valence-corrected chi connectivity index (χ0v) is 29.4. The normalized spacial score (nSPS) is 12.5. The van der Waals surface area contributed by atoms with Crippen molar-refractivity contribution >= 4 is 41.2 Å². The van der Waals surface area contributed by atoms with Crippen LogP contribution in [-0.4, -0.2) is 108 Å². The highest BCUT2D eigenvalue weighted by Gasteiger charge is 2.27. The van der Waals surface area contributed by atoms with Crippen molar-refractivity contribution in [3.05, 3.63) is 0 Å². The maximum atomic E-state index is 13.2. The molecule has 0 aromatic carbocycles. The van der Waals surface area contributed by atoms with Crippen molar-refractivity contribution < 1.29 is 28.8 Å². The van der Waals surface area contributed by atoms with E-state index in [2.05, 4.69) is 20.9 Å². The van der Waals surface area contributed by atoms with Crippen LogP contribution in [0.2, 0.25) is 0 Å². The molecule has 0 heterocycles. The lowest BCUT2D eigenvalue weighted by Crippen LogP contribution is -2.52. The second-order valence-electron chi connectivity index (χ2n) is 12.8. The van der Waals surface area contributed by atoms with Gasteiger partial charge in [0.1, 0.15) is 5.78 Å². The van der Waals surface area contributed by atoms with E-state index in [0.717, 1.165) is 0 Å². The fourth-order valence-electron chi connectivity index (χ4n) is 4.60. The lowest BCUT2D eigenvalue weighted by molar-refractivity contribution is -0.137. The number of nitrogens with two attached hydrogens (primary N) is 2. The monoisotopic (exact) mass is 652 g/mol. The van der Waals surface area contributed by atoms with Gasteiger partial charge in [0.2, 0.25) is 23.6 Å².